The van der Waals surface area contributed by atoms with Crippen molar-refractivity contribution in [1.82, 2.24) is 4.90 Å². The van der Waals surface area contributed by atoms with E-state index in [1.807, 2.05) is 0 Å². The minimum Gasteiger partial charge on any atom is -0.381 e. The maximum absolute atomic E-state index is 5.37. The van der Waals surface area contributed by atoms with Gasteiger partial charge in [-0.2, -0.15) is 11.3 Å². The Kier molecular flexibility index (Phi) is 4.69. The fourth-order valence-corrected chi connectivity index (χ4v) is 3.01. The van der Waals surface area contributed by atoms with Crippen LogP contribution >= 0.6 is 11.3 Å². The fraction of sp³-hybridized carbons (Fsp3) is 0.375. The maximum atomic E-state index is 5.37. The Morgan fingerprint density at radius 1 is 1.05 bits per heavy atom. The zero-order valence-corrected chi connectivity index (χ0v) is 12.4. The number of thiophene rings is 1. The van der Waals surface area contributed by atoms with E-state index in [2.05, 4.69) is 51.3 Å². The highest BCUT2D eigenvalue weighted by atomic mass is 32.1. The number of anilines is 1. The lowest BCUT2D eigenvalue weighted by Crippen LogP contribution is -2.35. The first-order valence-electron chi connectivity index (χ1n) is 7.04. The number of ether oxygens (including phenoxy) is 1. The number of morpholine rings is 1. The molecule has 2 heterocycles. The highest BCUT2D eigenvalue weighted by molar-refractivity contribution is 7.07. The van der Waals surface area contributed by atoms with E-state index >= 15 is 0 Å². The minimum atomic E-state index is 0.861. The Labute approximate surface area is 124 Å². The van der Waals surface area contributed by atoms with E-state index in [4.69, 9.17) is 4.74 Å². The van der Waals surface area contributed by atoms with Crippen molar-refractivity contribution in [3.63, 3.8) is 0 Å². The van der Waals surface area contributed by atoms with Crippen molar-refractivity contribution < 1.29 is 4.74 Å². The van der Waals surface area contributed by atoms with Gasteiger partial charge in [0, 0.05) is 31.9 Å². The molecule has 106 valence electrons. The van der Waals surface area contributed by atoms with Gasteiger partial charge in [-0.25, -0.2) is 0 Å². The summed E-state index contributed by atoms with van der Waals surface area (Å²) in [4.78, 5) is 2.44. The molecule has 2 aromatic rings. The first-order valence-corrected chi connectivity index (χ1v) is 7.98. The van der Waals surface area contributed by atoms with Crippen LogP contribution in [-0.2, 0) is 17.8 Å². The number of hydrogen-bond acceptors (Lipinski definition) is 4. The normalized spacial score (nSPS) is 16.2. The van der Waals surface area contributed by atoms with Crippen LogP contribution in [0.4, 0.5) is 5.69 Å². The van der Waals surface area contributed by atoms with Gasteiger partial charge in [-0.1, -0.05) is 12.1 Å². The van der Waals surface area contributed by atoms with Crippen molar-refractivity contribution in [3.05, 3.63) is 52.2 Å². The molecule has 3 rings (SSSR count). The summed E-state index contributed by atoms with van der Waals surface area (Å²) in [6, 6.07) is 10.9. The topological polar surface area (TPSA) is 24.5 Å². The second kappa shape index (κ2) is 6.88. The first-order chi connectivity index (χ1) is 9.90. The van der Waals surface area contributed by atoms with Gasteiger partial charge in [-0.3, -0.25) is 4.90 Å². The van der Waals surface area contributed by atoms with Crippen LogP contribution in [0.5, 0.6) is 0 Å². The highest BCUT2D eigenvalue weighted by Crippen LogP contribution is 2.14. The molecule has 0 spiro atoms. The molecule has 0 atom stereocenters. The van der Waals surface area contributed by atoms with Crippen LogP contribution in [0.3, 0.4) is 0 Å². The SMILES string of the molecule is c1cc(CNc2ccc(CN3CCOCC3)cc2)cs1. The van der Waals surface area contributed by atoms with Crippen molar-refractivity contribution in [2.24, 2.45) is 0 Å². The predicted octanol–water partition coefficient (Wildman–Crippen LogP) is 3.19. The molecule has 1 saturated heterocycles. The number of nitrogens with one attached hydrogen (secondary N) is 1. The largest absolute Gasteiger partial charge is 0.381 e. The Hall–Kier alpha value is -1.36. The Morgan fingerprint density at radius 3 is 2.55 bits per heavy atom. The second-order valence-electron chi connectivity index (χ2n) is 5.07. The summed E-state index contributed by atoms with van der Waals surface area (Å²) >= 11 is 1.74. The molecule has 1 fully saturated rings. The van der Waals surface area contributed by atoms with Crippen LogP contribution < -0.4 is 5.32 Å². The number of nitrogens with zero attached hydrogens (tertiary/aromatic N) is 1. The Morgan fingerprint density at radius 2 is 1.85 bits per heavy atom. The fourth-order valence-electron chi connectivity index (χ4n) is 2.34. The van der Waals surface area contributed by atoms with Crippen LogP contribution in [0, 0.1) is 0 Å². The van der Waals surface area contributed by atoms with Gasteiger partial charge < -0.3 is 10.1 Å². The standard InChI is InChI=1S/C16H20N2OS/c1-3-16(17-11-15-5-10-20-13-15)4-2-14(1)12-18-6-8-19-9-7-18/h1-5,10,13,17H,6-9,11-12H2. The number of hydrogen-bond donors (Lipinski definition) is 1. The zero-order valence-electron chi connectivity index (χ0n) is 11.5. The van der Waals surface area contributed by atoms with Crippen LogP contribution in [0.25, 0.3) is 0 Å². The molecule has 4 heteroatoms. The average Bonchev–Trinajstić information content (AvgIpc) is 3.01. The molecule has 0 bridgehead atoms. The molecule has 1 aliphatic rings. The van der Waals surface area contributed by atoms with Crippen LogP contribution in [0.1, 0.15) is 11.1 Å². The van der Waals surface area contributed by atoms with Gasteiger partial charge in [-0.15, -0.1) is 0 Å². The summed E-state index contributed by atoms with van der Waals surface area (Å²) in [5.41, 5.74) is 3.89. The summed E-state index contributed by atoms with van der Waals surface area (Å²) in [6.45, 7) is 5.72. The van der Waals surface area contributed by atoms with Gasteiger partial charge in [0.05, 0.1) is 13.2 Å². The maximum Gasteiger partial charge on any atom is 0.0594 e. The summed E-state index contributed by atoms with van der Waals surface area (Å²) < 4.78 is 5.37. The summed E-state index contributed by atoms with van der Waals surface area (Å²) in [7, 11) is 0. The van der Waals surface area contributed by atoms with E-state index < -0.39 is 0 Å². The second-order valence-corrected chi connectivity index (χ2v) is 5.85. The lowest BCUT2D eigenvalue weighted by Gasteiger charge is -2.26. The van der Waals surface area contributed by atoms with E-state index in [9.17, 15) is 0 Å². The summed E-state index contributed by atoms with van der Waals surface area (Å²) in [5, 5.41) is 7.74. The van der Waals surface area contributed by atoms with Crippen molar-refractivity contribution in [2.45, 2.75) is 13.1 Å². The highest BCUT2D eigenvalue weighted by Gasteiger charge is 2.10. The molecular formula is C16H20N2OS. The molecule has 20 heavy (non-hydrogen) atoms. The van der Waals surface area contributed by atoms with E-state index in [1.165, 1.54) is 16.8 Å². The van der Waals surface area contributed by atoms with Crippen molar-refractivity contribution in [1.29, 1.82) is 0 Å². The molecule has 3 nitrogen and oxygen atoms in total. The molecule has 0 radical (unpaired) electrons. The van der Waals surface area contributed by atoms with Crippen LogP contribution in [0.15, 0.2) is 41.1 Å². The lowest BCUT2D eigenvalue weighted by molar-refractivity contribution is 0.0342. The monoisotopic (exact) mass is 288 g/mol. The number of rotatable bonds is 5. The average molecular weight is 288 g/mol. The van der Waals surface area contributed by atoms with Gasteiger partial charge in [0.2, 0.25) is 0 Å². The van der Waals surface area contributed by atoms with E-state index in [0.717, 1.165) is 39.4 Å². The zero-order chi connectivity index (χ0) is 13.6. The van der Waals surface area contributed by atoms with Crippen LogP contribution in [0.2, 0.25) is 0 Å². The number of benzene rings is 1. The molecule has 1 aromatic carbocycles. The molecule has 1 N–H and O–H groups in total. The van der Waals surface area contributed by atoms with Crippen molar-refractivity contribution in [3.8, 4) is 0 Å². The van der Waals surface area contributed by atoms with Crippen LogP contribution in [-0.4, -0.2) is 31.2 Å². The van der Waals surface area contributed by atoms with Gasteiger partial charge in [0.15, 0.2) is 0 Å². The predicted molar refractivity (Wildman–Crippen MR) is 84.2 cm³/mol. The first kappa shape index (κ1) is 13.6. The molecular weight excluding hydrogens is 268 g/mol. The third-order valence-electron chi connectivity index (χ3n) is 3.54. The third-order valence-corrected chi connectivity index (χ3v) is 4.27. The molecule has 1 aromatic heterocycles. The summed E-state index contributed by atoms with van der Waals surface area (Å²) in [5.74, 6) is 0. The third kappa shape index (κ3) is 3.82. The Balaban J connectivity index is 1.51. The molecule has 0 amide bonds. The molecule has 0 unspecified atom stereocenters. The smallest absolute Gasteiger partial charge is 0.0594 e. The van der Waals surface area contributed by atoms with Crippen molar-refractivity contribution in [2.75, 3.05) is 31.6 Å². The van der Waals surface area contributed by atoms with E-state index in [0.29, 0.717) is 0 Å². The van der Waals surface area contributed by atoms with E-state index in [1.54, 1.807) is 11.3 Å². The van der Waals surface area contributed by atoms with Gasteiger partial charge in [-0.05, 0) is 40.1 Å². The lowest BCUT2D eigenvalue weighted by atomic mass is 10.2. The summed E-state index contributed by atoms with van der Waals surface area (Å²) in [6.07, 6.45) is 0. The van der Waals surface area contributed by atoms with Gasteiger partial charge in [0.1, 0.15) is 0 Å². The van der Waals surface area contributed by atoms with E-state index in [-0.39, 0.29) is 0 Å². The Bertz CT molecular complexity index is 504. The molecule has 0 saturated carbocycles. The molecule has 0 aliphatic carbocycles. The minimum absolute atomic E-state index is 0.861. The van der Waals surface area contributed by atoms with Gasteiger partial charge in [0.25, 0.3) is 0 Å². The molecule has 1 aliphatic heterocycles. The van der Waals surface area contributed by atoms with Gasteiger partial charge >= 0.3 is 0 Å². The quantitative estimate of drug-likeness (QED) is 0.914. The van der Waals surface area contributed by atoms with Crippen molar-refractivity contribution >= 4 is 17.0 Å².